The summed E-state index contributed by atoms with van der Waals surface area (Å²) in [4.78, 5) is 12.2. The number of hydrogen-bond donors (Lipinski definition) is 1. The molecule has 6 nitrogen and oxygen atoms in total. The van der Waals surface area contributed by atoms with Gasteiger partial charge in [-0.25, -0.2) is 0 Å². The number of benzene rings is 2. The highest BCUT2D eigenvalue weighted by Gasteiger charge is 2.05. The van der Waals surface area contributed by atoms with Gasteiger partial charge in [0, 0.05) is 24.3 Å². The first-order valence-corrected chi connectivity index (χ1v) is 9.56. The zero-order chi connectivity index (χ0) is 20.9. The summed E-state index contributed by atoms with van der Waals surface area (Å²) in [5, 5.41) is 11.4. The summed E-state index contributed by atoms with van der Waals surface area (Å²) in [5.74, 6) is 1.71. The maximum absolute atomic E-state index is 12.2. The van der Waals surface area contributed by atoms with Crippen molar-refractivity contribution in [3.63, 3.8) is 0 Å². The van der Waals surface area contributed by atoms with Gasteiger partial charge in [-0.1, -0.05) is 19.1 Å². The van der Waals surface area contributed by atoms with Crippen LogP contribution in [0.2, 0.25) is 0 Å². The van der Waals surface area contributed by atoms with E-state index in [-0.39, 0.29) is 5.91 Å². The summed E-state index contributed by atoms with van der Waals surface area (Å²) in [6.45, 7) is 3.12. The van der Waals surface area contributed by atoms with E-state index in [0.29, 0.717) is 49.0 Å². The monoisotopic (exact) mass is 394 g/mol. The number of nitriles is 1. The summed E-state index contributed by atoms with van der Waals surface area (Å²) < 4.78 is 16.6. The zero-order valence-electron chi connectivity index (χ0n) is 16.8. The van der Waals surface area contributed by atoms with E-state index >= 15 is 0 Å². The fraction of sp³-hybridized carbons (Fsp3) is 0.304. The minimum atomic E-state index is -0.253. The van der Waals surface area contributed by atoms with Gasteiger partial charge in [0.25, 0.3) is 0 Å². The first-order valence-electron chi connectivity index (χ1n) is 9.56. The van der Waals surface area contributed by atoms with Crippen molar-refractivity contribution in [3.05, 3.63) is 54.1 Å². The van der Waals surface area contributed by atoms with Crippen LogP contribution in [-0.4, -0.2) is 26.2 Å². The third kappa shape index (κ3) is 7.59. The Morgan fingerprint density at radius 1 is 1.14 bits per heavy atom. The number of carbonyl (C=O) groups excluding carboxylic acids is 1. The molecule has 0 spiro atoms. The predicted octanol–water partition coefficient (Wildman–Crippen LogP) is 4.82. The highest BCUT2D eigenvalue weighted by molar-refractivity contribution is 6.02. The third-order valence-electron chi connectivity index (χ3n) is 3.88. The Hall–Kier alpha value is -3.46. The topological polar surface area (TPSA) is 80.6 Å². The Kier molecular flexibility index (Phi) is 9.10. The number of rotatable bonds is 11. The van der Waals surface area contributed by atoms with Gasteiger partial charge in [0.15, 0.2) is 11.5 Å². The van der Waals surface area contributed by atoms with Crippen LogP contribution >= 0.6 is 0 Å². The van der Waals surface area contributed by atoms with Crippen LogP contribution in [0.1, 0.15) is 31.7 Å². The van der Waals surface area contributed by atoms with Gasteiger partial charge in [0.1, 0.15) is 5.75 Å². The number of anilines is 1. The predicted molar refractivity (Wildman–Crippen MR) is 113 cm³/mol. The molecule has 0 aliphatic carbocycles. The van der Waals surface area contributed by atoms with Crippen LogP contribution in [0.5, 0.6) is 17.2 Å². The molecule has 6 heteroatoms. The minimum Gasteiger partial charge on any atom is -0.493 e. The molecule has 152 valence electrons. The number of nitrogens with one attached hydrogen (secondary N) is 1. The lowest BCUT2D eigenvalue weighted by molar-refractivity contribution is -0.111. The van der Waals surface area contributed by atoms with E-state index in [0.717, 1.165) is 12.0 Å². The van der Waals surface area contributed by atoms with E-state index in [4.69, 9.17) is 19.5 Å². The van der Waals surface area contributed by atoms with Crippen molar-refractivity contribution in [1.82, 2.24) is 0 Å². The highest BCUT2D eigenvalue weighted by Crippen LogP contribution is 2.28. The molecule has 0 bridgehead atoms. The molecule has 0 saturated heterocycles. The lowest BCUT2D eigenvalue weighted by Crippen LogP contribution is -2.08. The van der Waals surface area contributed by atoms with Crippen molar-refractivity contribution in [1.29, 1.82) is 5.26 Å². The number of carbonyl (C=O) groups is 1. The van der Waals surface area contributed by atoms with E-state index in [2.05, 4.69) is 11.4 Å². The van der Waals surface area contributed by atoms with E-state index in [1.807, 2.05) is 31.2 Å². The first kappa shape index (κ1) is 21.8. The van der Waals surface area contributed by atoms with Gasteiger partial charge in [-0.2, -0.15) is 5.26 Å². The van der Waals surface area contributed by atoms with Crippen molar-refractivity contribution < 1.29 is 19.0 Å². The van der Waals surface area contributed by atoms with Crippen LogP contribution in [0.15, 0.2) is 48.5 Å². The number of hydrogen-bond acceptors (Lipinski definition) is 5. The van der Waals surface area contributed by atoms with Crippen LogP contribution in [0, 0.1) is 11.3 Å². The summed E-state index contributed by atoms with van der Waals surface area (Å²) in [6.07, 6.45) is 5.21. The Labute approximate surface area is 171 Å². The van der Waals surface area contributed by atoms with Gasteiger partial charge in [0.2, 0.25) is 5.91 Å². The average molecular weight is 394 g/mol. The molecule has 0 aromatic heterocycles. The summed E-state index contributed by atoms with van der Waals surface area (Å²) in [5.41, 5.74) is 1.47. The summed E-state index contributed by atoms with van der Waals surface area (Å²) >= 11 is 0. The SMILES string of the molecule is CCCOc1ccc(/C=C/C(=O)Nc2cccc(OCCCC#N)c2)cc1OC. The maximum atomic E-state index is 12.2. The molecule has 0 atom stereocenters. The van der Waals surface area contributed by atoms with E-state index < -0.39 is 0 Å². The van der Waals surface area contributed by atoms with Crippen molar-refractivity contribution >= 4 is 17.7 Å². The number of amides is 1. The Morgan fingerprint density at radius 3 is 2.76 bits per heavy atom. The second-order valence-electron chi connectivity index (χ2n) is 6.22. The fourth-order valence-electron chi connectivity index (χ4n) is 2.48. The Bertz CT molecular complexity index is 871. The second kappa shape index (κ2) is 12.1. The molecule has 0 aliphatic rings. The third-order valence-corrected chi connectivity index (χ3v) is 3.88. The van der Waals surface area contributed by atoms with Gasteiger partial charge in [-0.15, -0.1) is 0 Å². The molecule has 1 N–H and O–H groups in total. The van der Waals surface area contributed by atoms with Crippen LogP contribution in [0.25, 0.3) is 6.08 Å². The normalized spacial score (nSPS) is 10.4. The highest BCUT2D eigenvalue weighted by atomic mass is 16.5. The largest absolute Gasteiger partial charge is 0.493 e. The molecule has 0 radical (unpaired) electrons. The van der Waals surface area contributed by atoms with Gasteiger partial charge in [-0.05, 0) is 48.7 Å². The van der Waals surface area contributed by atoms with Crippen molar-refractivity contribution in [2.75, 3.05) is 25.6 Å². The smallest absolute Gasteiger partial charge is 0.248 e. The molecule has 0 aliphatic heterocycles. The molecular weight excluding hydrogens is 368 g/mol. The van der Waals surface area contributed by atoms with Crippen LogP contribution in [-0.2, 0) is 4.79 Å². The number of ether oxygens (including phenoxy) is 3. The van der Waals surface area contributed by atoms with E-state index in [1.54, 1.807) is 31.4 Å². The molecule has 2 rings (SSSR count). The summed E-state index contributed by atoms with van der Waals surface area (Å²) in [7, 11) is 1.59. The molecule has 29 heavy (non-hydrogen) atoms. The van der Waals surface area contributed by atoms with Gasteiger partial charge in [-0.3, -0.25) is 4.79 Å². The van der Waals surface area contributed by atoms with E-state index in [9.17, 15) is 4.79 Å². The molecule has 2 aromatic rings. The number of methoxy groups -OCH3 is 1. The van der Waals surface area contributed by atoms with Gasteiger partial charge >= 0.3 is 0 Å². The average Bonchev–Trinajstić information content (AvgIpc) is 2.74. The lowest BCUT2D eigenvalue weighted by Gasteiger charge is -2.10. The van der Waals surface area contributed by atoms with Crippen molar-refractivity contribution in [3.8, 4) is 23.3 Å². The maximum Gasteiger partial charge on any atom is 0.248 e. The van der Waals surface area contributed by atoms with Gasteiger partial charge in [0.05, 0.1) is 26.4 Å². The molecule has 0 fully saturated rings. The zero-order valence-corrected chi connectivity index (χ0v) is 16.8. The fourth-order valence-corrected chi connectivity index (χ4v) is 2.48. The quantitative estimate of drug-likeness (QED) is 0.437. The molecular formula is C23H26N2O4. The molecule has 0 saturated carbocycles. The molecule has 0 heterocycles. The first-order chi connectivity index (χ1) is 14.2. The standard InChI is InChI=1S/C23H26N2O4/c1-3-14-29-21-11-9-18(16-22(21)27-2)10-12-23(26)25-19-7-6-8-20(17-19)28-15-5-4-13-24/h6-12,16-17H,3-5,14-15H2,1-2H3,(H,25,26)/b12-10+. The lowest BCUT2D eigenvalue weighted by atomic mass is 10.2. The Balaban J connectivity index is 1.95. The Morgan fingerprint density at radius 2 is 2.00 bits per heavy atom. The van der Waals surface area contributed by atoms with Crippen LogP contribution in [0.3, 0.4) is 0 Å². The molecule has 1 amide bonds. The van der Waals surface area contributed by atoms with Gasteiger partial charge < -0.3 is 19.5 Å². The van der Waals surface area contributed by atoms with E-state index in [1.165, 1.54) is 6.08 Å². The van der Waals surface area contributed by atoms with Crippen LogP contribution < -0.4 is 19.5 Å². The van der Waals surface area contributed by atoms with Crippen molar-refractivity contribution in [2.45, 2.75) is 26.2 Å². The summed E-state index contributed by atoms with van der Waals surface area (Å²) in [6, 6.07) is 14.8. The van der Waals surface area contributed by atoms with Crippen LogP contribution in [0.4, 0.5) is 5.69 Å². The number of nitrogens with zero attached hydrogens (tertiary/aromatic N) is 1. The minimum absolute atomic E-state index is 0.253. The second-order valence-corrected chi connectivity index (χ2v) is 6.22. The number of unbranched alkanes of at least 4 members (excludes halogenated alkanes) is 1. The molecule has 2 aromatic carbocycles. The molecule has 0 unspecified atom stereocenters. The van der Waals surface area contributed by atoms with Crippen molar-refractivity contribution in [2.24, 2.45) is 0 Å².